The van der Waals surface area contributed by atoms with E-state index in [1.807, 2.05) is 0 Å². The number of nitrogens with zero attached hydrogens (tertiary/aromatic N) is 2. The van der Waals surface area contributed by atoms with Crippen molar-refractivity contribution in [2.24, 2.45) is 0 Å². The number of hydrogen-bond acceptors (Lipinski definition) is 6. The van der Waals surface area contributed by atoms with Gasteiger partial charge in [-0.2, -0.15) is 0 Å². The number of nitrogens with one attached hydrogen (secondary N) is 3. The number of sulfone groups is 1. The van der Waals surface area contributed by atoms with E-state index in [2.05, 4.69) is 25.6 Å². The third-order valence-electron chi connectivity index (χ3n) is 3.94. The molecular weight excluding hydrogens is 402 g/mol. The van der Waals surface area contributed by atoms with Gasteiger partial charge < -0.3 is 15.6 Å². The fourth-order valence-electron chi connectivity index (χ4n) is 2.70. The summed E-state index contributed by atoms with van der Waals surface area (Å²) in [6, 6.07) is 1.77. The molecule has 0 aliphatic carbocycles. The molecule has 0 unspecified atom stereocenters. The van der Waals surface area contributed by atoms with Gasteiger partial charge in [-0.1, -0.05) is 0 Å². The number of rotatable bonds is 7. The van der Waals surface area contributed by atoms with E-state index < -0.39 is 50.1 Å². The summed E-state index contributed by atoms with van der Waals surface area (Å²) < 4.78 is 78.2. The summed E-state index contributed by atoms with van der Waals surface area (Å²) in [4.78, 5) is 9.83. The number of halogens is 4. The first-order valence-electron chi connectivity index (χ1n) is 7.99. The van der Waals surface area contributed by atoms with E-state index in [1.165, 1.54) is 6.33 Å². The first-order chi connectivity index (χ1) is 13.2. The second kappa shape index (κ2) is 7.72. The summed E-state index contributed by atoms with van der Waals surface area (Å²) >= 11 is 0. The Balaban J connectivity index is 1.70. The van der Waals surface area contributed by atoms with Crippen LogP contribution in [0.3, 0.4) is 0 Å². The van der Waals surface area contributed by atoms with Crippen LogP contribution >= 0.6 is 0 Å². The van der Waals surface area contributed by atoms with Gasteiger partial charge in [0.1, 0.15) is 22.7 Å². The van der Waals surface area contributed by atoms with Crippen molar-refractivity contribution < 1.29 is 26.0 Å². The van der Waals surface area contributed by atoms with Crippen LogP contribution < -0.4 is 10.6 Å². The van der Waals surface area contributed by atoms with Gasteiger partial charge >= 0.3 is 0 Å². The first kappa shape index (κ1) is 20.0. The molecular formula is C16H15F4N5O2S. The summed E-state index contributed by atoms with van der Waals surface area (Å²) in [5.41, 5.74) is -0.170. The maximum Gasteiger partial charge on any atom is 0.198 e. The Morgan fingerprint density at radius 2 is 1.75 bits per heavy atom. The van der Waals surface area contributed by atoms with Gasteiger partial charge in [0.15, 0.2) is 33.1 Å². The van der Waals surface area contributed by atoms with Crippen molar-refractivity contribution in [1.82, 2.24) is 20.3 Å². The lowest BCUT2D eigenvalue weighted by Crippen LogP contribution is -2.25. The fraction of sp³-hybridized carbons (Fsp3) is 0.250. The molecule has 3 N–H and O–H groups in total. The van der Waals surface area contributed by atoms with Gasteiger partial charge in [-0.3, -0.25) is 0 Å². The van der Waals surface area contributed by atoms with Crippen molar-refractivity contribution in [3.63, 3.8) is 0 Å². The highest BCUT2D eigenvalue weighted by molar-refractivity contribution is 7.90. The van der Waals surface area contributed by atoms with Crippen LogP contribution in [0.25, 0.3) is 11.0 Å². The summed E-state index contributed by atoms with van der Waals surface area (Å²) in [6.45, 7) is -0.0775. The summed E-state index contributed by atoms with van der Waals surface area (Å²) in [5, 5.41) is 6.41. The summed E-state index contributed by atoms with van der Waals surface area (Å²) in [5.74, 6) is -7.37. The van der Waals surface area contributed by atoms with Gasteiger partial charge in [0.25, 0.3) is 0 Å². The van der Waals surface area contributed by atoms with Crippen molar-refractivity contribution >= 4 is 26.7 Å². The number of hydrogen-bond donors (Lipinski definition) is 3. The molecule has 0 aliphatic heterocycles. The largest absolute Gasteiger partial charge is 0.368 e. The number of aromatic amines is 1. The maximum atomic E-state index is 14.0. The van der Waals surface area contributed by atoms with Crippen LogP contribution in [0.2, 0.25) is 0 Å². The Morgan fingerprint density at radius 1 is 1.04 bits per heavy atom. The molecule has 0 radical (unpaired) electrons. The molecule has 0 bridgehead atoms. The number of aromatic nitrogens is 3. The normalized spacial score (nSPS) is 11.9. The Kier molecular flexibility index (Phi) is 5.52. The topological polar surface area (TPSA) is 99.8 Å². The highest BCUT2D eigenvalue weighted by atomic mass is 32.2. The Hall–Kier alpha value is -2.73. The van der Waals surface area contributed by atoms with Crippen molar-refractivity contribution in [2.45, 2.75) is 11.4 Å². The lowest BCUT2D eigenvalue weighted by atomic mass is 10.2. The molecule has 2 heterocycles. The zero-order valence-corrected chi connectivity index (χ0v) is 15.3. The van der Waals surface area contributed by atoms with Crippen molar-refractivity contribution in [3.8, 4) is 0 Å². The van der Waals surface area contributed by atoms with Crippen LogP contribution in [0.15, 0.2) is 23.5 Å². The molecule has 0 saturated carbocycles. The lowest BCUT2D eigenvalue weighted by Gasteiger charge is -2.13. The third kappa shape index (κ3) is 3.78. The van der Waals surface area contributed by atoms with Gasteiger partial charge in [-0.15, -0.1) is 0 Å². The number of benzene rings is 1. The lowest BCUT2D eigenvalue weighted by molar-refractivity contribution is 0.387. The standard InChI is InChI=1S/C16H15F4N5O2S/c1-28(26,27)14-9(10(17)11(18)12(19)13(14)20)6-21-4-5-23-16-8-2-3-22-15(8)24-7-25-16/h2-3,7,21H,4-6H2,1H3,(H2,22,23,24,25). The summed E-state index contributed by atoms with van der Waals surface area (Å²) in [6.07, 6.45) is 3.63. The minimum Gasteiger partial charge on any atom is -0.368 e. The molecule has 0 saturated heterocycles. The van der Waals surface area contributed by atoms with E-state index in [9.17, 15) is 26.0 Å². The van der Waals surface area contributed by atoms with Gasteiger partial charge in [-0.05, 0) is 6.07 Å². The molecule has 0 atom stereocenters. The van der Waals surface area contributed by atoms with Crippen molar-refractivity contribution in [1.29, 1.82) is 0 Å². The highest BCUT2D eigenvalue weighted by Gasteiger charge is 2.30. The van der Waals surface area contributed by atoms with E-state index in [1.54, 1.807) is 12.3 Å². The minimum absolute atomic E-state index is 0.166. The monoisotopic (exact) mass is 417 g/mol. The zero-order chi connectivity index (χ0) is 20.5. The van der Waals surface area contributed by atoms with E-state index in [0.29, 0.717) is 17.7 Å². The molecule has 0 spiro atoms. The maximum absolute atomic E-state index is 14.0. The molecule has 28 heavy (non-hydrogen) atoms. The van der Waals surface area contributed by atoms with E-state index >= 15 is 0 Å². The number of anilines is 1. The molecule has 1 aromatic carbocycles. The highest BCUT2D eigenvalue weighted by Crippen LogP contribution is 2.28. The molecule has 7 nitrogen and oxygen atoms in total. The van der Waals surface area contributed by atoms with Crippen LogP contribution in [-0.4, -0.2) is 42.7 Å². The Bertz CT molecular complexity index is 1130. The van der Waals surface area contributed by atoms with Crippen LogP contribution in [0, 0.1) is 23.3 Å². The van der Waals surface area contributed by atoms with Crippen LogP contribution in [-0.2, 0) is 16.4 Å². The molecule has 3 rings (SSSR count). The molecule has 0 fully saturated rings. The molecule has 12 heteroatoms. The van der Waals surface area contributed by atoms with E-state index in [-0.39, 0.29) is 13.1 Å². The minimum atomic E-state index is -4.33. The average molecular weight is 417 g/mol. The number of H-pyrrole nitrogens is 1. The molecule has 2 aromatic heterocycles. The van der Waals surface area contributed by atoms with E-state index in [4.69, 9.17) is 0 Å². The first-order valence-corrected chi connectivity index (χ1v) is 9.88. The number of fused-ring (bicyclic) bond motifs is 1. The van der Waals surface area contributed by atoms with Gasteiger partial charge in [0.2, 0.25) is 0 Å². The Morgan fingerprint density at radius 3 is 2.46 bits per heavy atom. The zero-order valence-electron chi connectivity index (χ0n) is 14.5. The van der Waals surface area contributed by atoms with Crippen molar-refractivity contribution in [2.75, 3.05) is 24.7 Å². The van der Waals surface area contributed by atoms with Gasteiger partial charge in [0.05, 0.1) is 5.39 Å². The van der Waals surface area contributed by atoms with Crippen LogP contribution in [0.4, 0.5) is 23.4 Å². The second-order valence-corrected chi connectivity index (χ2v) is 7.85. The van der Waals surface area contributed by atoms with E-state index in [0.717, 1.165) is 5.39 Å². The fourth-order valence-corrected chi connectivity index (χ4v) is 3.72. The molecule has 0 amide bonds. The molecule has 150 valence electrons. The average Bonchev–Trinajstić information content (AvgIpc) is 3.12. The predicted molar refractivity (Wildman–Crippen MR) is 93.5 cm³/mol. The SMILES string of the molecule is CS(=O)(=O)c1c(F)c(F)c(F)c(F)c1CNCCNc1ncnc2[nH]ccc12. The van der Waals surface area contributed by atoms with Crippen LogP contribution in [0.5, 0.6) is 0 Å². The Labute approximate surface area is 157 Å². The third-order valence-corrected chi connectivity index (χ3v) is 5.10. The van der Waals surface area contributed by atoms with Gasteiger partial charge in [-0.25, -0.2) is 35.9 Å². The van der Waals surface area contributed by atoms with Crippen LogP contribution in [0.1, 0.15) is 5.56 Å². The molecule has 3 aromatic rings. The predicted octanol–water partition coefficient (Wildman–Crippen LogP) is 2.12. The summed E-state index contributed by atoms with van der Waals surface area (Å²) in [7, 11) is -4.33. The van der Waals surface area contributed by atoms with Crippen molar-refractivity contribution in [3.05, 3.63) is 47.4 Å². The molecule has 0 aliphatic rings. The second-order valence-electron chi connectivity index (χ2n) is 5.90. The van der Waals surface area contributed by atoms with Gasteiger partial charge in [0, 0.05) is 37.7 Å². The smallest absolute Gasteiger partial charge is 0.198 e. The quantitative estimate of drug-likeness (QED) is 0.179.